The molecule has 1 N–H and O–H groups in total. The van der Waals surface area contributed by atoms with Crippen LogP contribution in [0.1, 0.15) is 18.4 Å². The summed E-state index contributed by atoms with van der Waals surface area (Å²) in [5.41, 5.74) is 1.13. The molecule has 2 rings (SSSR count). The molecule has 0 atom stereocenters. The maximum atomic E-state index is 12.1. The number of hydrogen-bond donors (Lipinski definition) is 1. The number of nitrogens with zero attached hydrogens (tertiary/aromatic N) is 2. The summed E-state index contributed by atoms with van der Waals surface area (Å²) in [5.74, 6) is 3.09. The van der Waals surface area contributed by atoms with E-state index in [0.29, 0.717) is 30.3 Å². The van der Waals surface area contributed by atoms with Crippen molar-refractivity contribution >= 4 is 11.7 Å². The van der Waals surface area contributed by atoms with Gasteiger partial charge in [0.25, 0.3) is 0 Å². The number of urea groups is 1. The fraction of sp³-hybridized carbons (Fsp3) is 0.333. The van der Waals surface area contributed by atoms with Crippen LogP contribution in [0.3, 0.4) is 0 Å². The van der Waals surface area contributed by atoms with Gasteiger partial charge in [0.05, 0.1) is 18.2 Å². The smallest absolute Gasteiger partial charge is 0.313 e. The molecule has 19 heavy (non-hydrogen) atoms. The molecule has 0 aromatic heterocycles. The van der Waals surface area contributed by atoms with Crippen molar-refractivity contribution in [3.63, 3.8) is 0 Å². The van der Waals surface area contributed by atoms with Gasteiger partial charge in [-0.3, -0.25) is 0 Å². The van der Waals surface area contributed by atoms with Crippen LogP contribution < -0.4 is 5.32 Å². The molecule has 4 heteroatoms. The molecule has 0 bridgehead atoms. The summed E-state index contributed by atoms with van der Waals surface area (Å²) in [7, 11) is 0. The number of benzene rings is 1. The van der Waals surface area contributed by atoms with Gasteiger partial charge in [-0.1, -0.05) is 12.0 Å². The molecule has 0 saturated heterocycles. The highest BCUT2D eigenvalue weighted by Crippen LogP contribution is 2.29. The zero-order chi connectivity index (χ0) is 13.7. The second kappa shape index (κ2) is 5.93. The molecule has 1 aliphatic rings. The van der Waals surface area contributed by atoms with Gasteiger partial charge in [0, 0.05) is 12.2 Å². The Kier molecular flexibility index (Phi) is 4.05. The second-order valence-corrected chi connectivity index (χ2v) is 4.65. The van der Waals surface area contributed by atoms with Crippen LogP contribution in [0.2, 0.25) is 0 Å². The van der Waals surface area contributed by atoms with E-state index in [4.69, 9.17) is 11.7 Å². The van der Waals surface area contributed by atoms with Crippen LogP contribution in [0.15, 0.2) is 24.3 Å². The summed E-state index contributed by atoms with van der Waals surface area (Å²) in [6, 6.07) is 8.66. The predicted molar refractivity (Wildman–Crippen MR) is 73.3 cm³/mol. The van der Waals surface area contributed by atoms with Crippen molar-refractivity contribution in [3.8, 4) is 18.4 Å². The Labute approximate surface area is 113 Å². The van der Waals surface area contributed by atoms with Gasteiger partial charge in [-0.2, -0.15) is 5.26 Å². The van der Waals surface area contributed by atoms with E-state index in [9.17, 15) is 4.79 Å². The third kappa shape index (κ3) is 3.76. The minimum absolute atomic E-state index is 0.208. The molecule has 4 nitrogen and oxygen atoms in total. The first-order chi connectivity index (χ1) is 9.22. The second-order valence-electron chi connectivity index (χ2n) is 4.65. The number of hydrogen-bond acceptors (Lipinski definition) is 2. The molecule has 0 aliphatic heterocycles. The van der Waals surface area contributed by atoms with Crippen LogP contribution in [0.4, 0.5) is 10.5 Å². The molecule has 1 aromatic carbocycles. The average Bonchev–Trinajstić information content (AvgIpc) is 3.22. The lowest BCUT2D eigenvalue weighted by molar-refractivity contribution is 0.216. The molecule has 2 amide bonds. The third-order valence-corrected chi connectivity index (χ3v) is 2.99. The Morgan fingerprint density at radius 3 is 2.95 bits per heavy atom. The number of nitriles is 1. The molecule has 96 valence electrons. The largest absolute Gasteiger partial charge is 0.322 e. The van der Waals surface area contributed by atoms with Crippen molar-refractivity contribution in [2.24, 2.45) is 5.92 Å². The summed E-state index contributed by atoms with van der Waals surface area (Å²) in [6.45, 7) is 1.01. The SMILES string of the molecule is C#CCN(CC1CC1)C(=O)Nc1cccc(C#N)c1. The highest BCUT2D eigenvalue weighted by molar-refractivity contribution is 5.89. The van der Waals surface area contributed by atoms with Gasteiger partial charge >= 0.3 is 6.03 Å². The first-order valence-electron chi connectivity index (χ1n) is 6.22. The number of amides is 2. The van der Waals surface area contributed by atoms with Crippen LogP contribution in [0, 0.1) is 29.6 Å². The van der Waals surface area contributed by atoms with Crippen molar-refractivity contribution in [2.45, 2.75) is 12.8 Å². The van der Waals surface area contributed by atoms with Gasteiger partial charge in [0.15, 0.2) is 0 Å². The number of anilines is 1. The Morgan fingerprint density at radius 1 is 1.53 bits per heavy atom. The number of rotatable bonds is 4. The average molecular weight is 253 g/mol. The summed E-state index contributed by atoms with van der Waals surface area (Å²) >= 11 is 0. The first-order valence-corrected chi connectivity index (χ1v) is 6.22. The Balaban J connectivity index is 2.01. The van der Waals surface area contributed by atoms with Crippen molar-refractivity contribution in [1.29, 1.82) is 5.26 Å². The number of carbonyl (C=O) groups is 1. The zero-order valence-electron chi connectivity index (χ0n) is 10.6. The molecule has 1 fully saturated rings. The van der Waals surface area contributed by atoms with Gasteiger partial charge in [0.2, 0.25) is 0 Å². The van der Waals surface area contributed by atoms with Crippen LogP contribution in [-0.2, 0) is 0 Å². The Morgan fingerprint density at radius 2 is 2.32 bits per heavy atom. The van der Waals surface area contributed by atoms with Crippen molar-refractivity contribution in [1.82, 2.24) is 4.90 Å². The number of terminal acetylenes is 1. The van der Waals surface area contributed by atoms with Gasteiger partial charge in [-0.05, 0) is 37.0 Å². The zero-order valence-corrected chi connectivity index (χ0v) is 10.6. The van der Waals surface area contributed by atoms with E-state index in [0.717, 1.165) is 12.8 Å². The van der Waals surface area contributed by atoms with Crippen LogP contribution in [-0.4, -0.2) is 24.0 Å². The first kappa shape index (κ1) is 13.0. The van der Waals surface area contributed by atoms with E-state index in [1.54, 1.807) is 29.2 Å². The predicted octanol–water partition coefficient (Wildman–Crippen LogP) is 2.44. The maximum absolute atomic E-state index is 12.1. The molecule has 1 saturated carbocycles. The summed E-state index contributed by atoms with van der Waals surface area (Å²) in [4.78, 5) is 13.7. The molecular weight excluding hydrogens is 238 g/mol. The minimum atomic E-state index is -0.208. The fourth-order valence-corrected chi connectivity index (χ4v) is 1.81. The lowest BCUT2D eigenvalue weighted by atomic mass is 10.2. The summed E-state index contributed by atoms with van der Waals surface area (Å²) in [6.07, 6.45) is 7.62. The molecule has 0 radical (unpaired) electrons. The lowest BCUT2D eigenvalue weighted by Gasteiger charge is -2.20. The molecule has 0 unspecified atom stereocenters. The van der Waals surface area contributed by atoms with Crippen molar-refractivity contribution in [3.05, 3.63) is 29.8 Å². The monoisotopic (exact) mass is 253 g/mol. The van der Waals surface area contributed by atoms with Gasteiger partial charge in [0.1, 0.15) is 0 Å². The van der Waals surface area contributed by atoms with E-state index in [-0.39, 0.29) is 6.03 Å². The molecular formula is C15H15N3O. The van der Waals surface area contributed by atoms with Crippen LogP contribution in [0.25, 0.3) is 0 Å². The van der Waals surface area contributed by atoms with Gasteiger partial charge < -0.3 is 10.2 Å². The molecule has 0 spiro atoms. The number of nitrogens with one attached hydrogen (secondary N) is 1. The van der Waals surface area contributed by atoms with Crippen molar-refractivity contribution < 1.29 is 4.79 Å². The van der Waals surface area contributed by atoms with Crippen LogP contribution >= 0.6 is 0 Å². The topological polar surface area (TPSA) is 56.1 Å². The third-order valence-electron chi connectivity index (χ3n) is 2.99. The van der Waals surface area contributed by atoms with Crippen molar-refractivity contribution in [2.75, 3.05) is 18.4 Å². The normalized spacial score (nSPS) is 13.2. The maximum Gasteiger partial charge on any atom is 0.322 e. The number of carbonyl (C=O) groups excluding carboxylic acids is 1. The van der Waals surface area contributed by atoms with E-state index in [1.165, 1.54) is 0 Å². The Bertz CT molecular complexity index is 549. The van der Waals surface area contributed by atoms with E-state index < -0.39 is 0 Å². The highest BCUT2D eigenvalue weighted by atomic mass is 16.2. The summed E-state index contributed by atoms with van der Waals surface area (Å²) < 4.78 is 0. The Hall–Kier alpha value is -2.46. The van der Waals surface area contributed by atoms with Crippen LogP contribution in [0.5, 0.6) is 0 Å². The standard InChI is InChI=1S/C15H15N3O/c1-2-8-18(11-12-6-7-12)15(19)17-14-5-3-4-13(9-14)10-16/h1,3-5,9,12H,6-8,11H2,(H,17,19). The molecule has 1 aliphatic carbocycles. The molecule has 0 heterocycles. The van der Waals surface area contributed by atoms with E-state index in [1.807, 2.05) is 6.07 Å². The van der Waals surface area contributed by atoms with Gasteiger partial charge in [-0.25, -0.2) is 4.79 Å². The fourth-order valence-electron chi connectivity index (χ4n) is 1.81. The highest BCUT2D eigenvalue weighted by Gasteiger charge is 2.26. The lowest BCUT2D eigenvalue weighted by Crippen LogP contribution is -2.36. The summed E-state index contributed by atoms with van der Waals surface area (Å²) in [5, 5.41) is 11.6. The quantitative estimate of drug-likeness (QED) is 0.838. The van der Waals surface area contributed by atoms with Gasteiger partial charge in [-0.15, -0.1) is 6.42 Å². The molecule has 1 aromatic rings. The van der Waals surface area contributed by atoms with E-state index >= 15 is 0 Å². The minimum Gasteiger partial charge on any atom is -0.313 e. The van der Waals surface area contributed by atoms with E-state index in [2.05, 4.69) is 11.2 Å².